The van der Waals surface area contributed by atoms with Crippen LogP contribution in [0.4, 0.5) is 5.95 Å². The second-order valence-corrected chi connectivity index (χ2v) is 6.74. The summed E-state index contributed by atoms with van der Waals surface area (Å²) in [7, 11) is 0. The highest BCUT2D eigenvalue weighted by Crippen LogP contribution is 2.20. The largest absolute Gasteiger partial charge is 0.461 e. The average molecular weight is 393 g/mol. The van der Waals surface area contributed by atoms with Crippen LogP contribution in [0.15, 0.2) is 71.3 Å². The second-order valence-electron chi connectivity index (χ2n) is 6.30. The molecule has 0 aliphatic rings. The summed E-state index contributed by atoms with van der Waals surface area (Å²) in [5.74, 6) is 0.893. The number of aromatic nitrogens is 3. The van der Waals surface area contributed by atoms with E-state index in [1.807, 2.05) is 43.3 Å². The molecule has 1 N–H and O–H groups in total. The molecule has 140 valence electrons. The standard InChI is InChI=1S/C21H17ClN4O2/c1-14-4-8-16(9-5-14)20(27)26-21(23-13-15-6-10-17(22)11-7-15)24-19(25-26)18-3-2-12-28-18/h2-12H,13H2,1H3,(H,23,24,25). The highest BCUT2D eigenvalue weighted by atomic mass is 35.5. The van der Waals surface area contributed by atoms with Crippen LogP contribution in [0.5, 0.6) is 0 Å². The zero-order valence-electron chi connectivity index (χ0n) is 15.1. The molecule has 0 amide bonds. The normalized spacial score (nSPS) is 10.8. The summed E-state index contributed by atoms with van der Waals surface area (Å²) < 4.78 is 6.64. The Morgan fingerprint density at radius 1 is 1.11 bits per heavy atom. The summed E-state index contributed by atoms with van der Waals surface area (Å²) in [6, 6.07) is 18.3. The van der Waals surface area contributed by atoms with Gasteiger partial charge in [-0.25, -0.2) is 0 Å². The zero-order chi connectivity index (χ0) is 19.5. The van der Waals surface area contributed by atoms with Crippen LogP contribution in [-0.2, 0) is 6.54 Å². The van der Waals surface area contributed by atoms with E-state index < -0.39 is 0 Å². The molecule has 0 atom stereocenters. The molecule has 0 aliphatic heterocycles. The SMILES string of the molecule is Cc1ccc(C(=O)n2nc(-c3ccco3)nc2NCc2ccc(Cl)cc2)cc1. The molecule has 0 saturated carbocycles. The summed E-state index contributed by atoms with van der Waals surface area (Å²) in [5.41, 5.74) is 2.60. The van der Waals surface area contributed by atoms with Gasteiger partial charge in [-0.2, -0.15) is 9.67 Å². The van der Waals surface area contributed by atoms with Crippen LogP contribution < -0.4 is 5.32 Å². The molecular formula is C21H17ClN4O2. The van der Waals surface area contributed by atoms with E-state index in [2.05, 4.69) is 15.4 Å². The molecule has 0 aliphatic carbocycles. The maximum Gasteiger partial charge on any atom is 0.281 e. The predicted octanol–water partition coefficient (Wildman–Crippen LogP) is 4.80. The minimum atomic E-state index is -0.274. The first-order valence-corrected chi connectivity index (χ1v) is 9.08. The summed E-state index contributed by atoms with van der Waals surface area (Å²) in [4.78, 5) is 17.4. The third kappa shape index (κ3) is 3.82. The minimum Gasteiger partial charge on any atom is -0.461 e. The number of nitrogens with zero attached hydrogens (tertiary/aromatic N) is 3. The number of hydrogen-bond acceptors (Lipinski definition) is 5. The van der Waals surface area contributed by atoms with E-state index in [4.69, 9.17) is 16.0 Å². The minimum absolute atomic E-state index is 0.274. The first-order chi connectivity index (χ1) is 13.6. The quantitative estimate of drug-likeness (QED) is 0.528. The number of aryl methyl sites for hydroxylation is 1. The summed E-state index contributed by atoms with van der Waals surface area (Å²) in [5, 5.41) is 8.20. The van der Waals surface area contributed by atoms with Crippen molar-refractivity contribution in [2.24, 2.45) is 0 Å². The third-order valence-corrected chi connectivity index (χ3v) is 4.46. The van der Waals surface area contributed by atoms with Gasteiger partial charge in [0.15, 0.2) is 5.76 Å². The average Bonchev–Trinajstić information content (AvgIpc) is 3.37. The molecule has 2 aromatic heterocycles. The van der Waals surface area contributed by atoms with E-state index in [1.165, 1.54) is 4.68 Å². The number of nitrogens with one attached hydrogen (secondary N) is 1. The van der Waals surface area contributed by atoms with Crippen molar-refractivity contribution in [2.45, 2.75) is 13.5 Å². The Labute approximate surface area is 166 Å². The van der Waals surface area contributed by atoms with Crippen molar-refractivity contribution in [3.05, 3.63) is 88.6 Å². The summed E-state index contributed by atoms with van der Waals surface area (Å²) >= 11 is 5.93. The molecule has 0 saturated heterocycles. The van der Waals surface area contributed by atoms with Gasteiger partial charge in [0, 0.05) is 17.1 Å². The second kappa shape index (κ2) is 7.70. The molecule has 4 rings (SSSR count). The molecule has 0 fully saturated rings. The Hall–Kier alpha value is -3.38. The molecule has 2 heterocycles. The Morgan fingerprint density at radius 2 is 1.86 bits per heavy atom. The molecular weight excluding hydrogens is 376 g/mol. The van der Waals surface area contributed by atoms with Gasteiger partial charge < -0.3 is 9.73 Å². The fourth-order valence-electron chi connectivity index (χ4n) is 2.68. The Kier molecular flexibility index (Phi) is 4.95. The van der Waals surface area contributed by atoms with Crippen molar-refractivity contribution < 1.29 is 9.21 Å². The molecule has 0 spiro atoms. The van der Waals surface area contributed by atoms with E-state index in [0.29, 0.717) is 34.7 Å². The summed E-state index contributed by atoms with van der Waals surface area (Å²) in [6.45, 7) is 2.44. The van der Waals surface area contributed by atoms with Crippen LogP contribution in [0, 0.1) is 6.92 Å². The number of anilines is 1. The number of furan rings is 1. The van der Waals surface area contributed by atoms with Crippen molar-refractivity contribution in [3.63, 3.8) is 0 Å². The smallest absolute Gasteiger partial charge is 0.281 e. The van der Waals surface area contributed by atoms with Gasteiger partial charge in [-0.05, 0) is 48.9 Å². The number of carbonyl (C=O) groups excluding carboxylic acids is 1. The van der Waals surface area contributed by atoms with Crippen molar-refractivity contribution in [1.29, 1.82) is 0 Å². The van der Waals surface area contributed by atoms with Gasteiger partial charge in [-0.3, -0.25) is 4.79 Å². The molecule has 0 unspecified atom stereocenters. The van der Waals surface area contributed by atoms with Gasteiger partial charge in [0.05, 0.1) is 6.26 Å². The Balaban J connectivity index is 1.66. The molecule has 2 aromatic carbocycles. The molecule has 4 aromatic rings. The predicted molar refractivity (Wildman–Crippen MR) is 107 cm³/mol. The van der Waals surface area contributed by atoms with Crippen molar-refractivity contribution in [2.75, 3.05) is 5.32 Å². The van der Waals surface area contributed by atoms with Crippen LogP contribution >= 0.6 is 11.6 Å². The molecule has 7 heteroatoms. The van der Waals surface area contributed by atoms with Crippen LogP contribution in [0.25, 0.3) is 11.6 Å². The van der Waals surface area contributed by atoms with Crippen LogP contribution in [0.1, 0.15) is 21.5 Å². The number of halogens is 1. The number of carbonyl (C=O) groups is 1. The lowest BCUT2D eigenvalue weighted by Gasteiger charge is -2.07. The van der Waals surface area contributed by atoms with Gasteiger partial charge in [0.2, 0.25) is 11.8 Å². The number of hydrogen-bond donors (Lipinski definition) is 1. The number of rotatable bonds is 5. The number of benzene rings is 2. The van der Waals surface area contributed by atoms with E-state index >= 15 is 0 Å². The first kappa shape index (κ1) is 18.0. The van der Waals surface area contributed by atoms with Crippen LogP contribution in [0.2, 0.25) is 5.02 Å². The van der Waals surface area contributed by atoms with Gasteiger partial charge in [-0.1, -0.05) is 41.4 Å². The molecule has 0 bridgehead atoms. The zero-order valence-corrected chi connectivity index (χ0v) is 15.8. The van der Waals surface area contributed by atoms with E-state index in [9.17, 15) is 4.79 Å². The van der Waals surface area contributed by atoms with Gasteiger partial charge in [-0.15, -0.1) is 5.10 Å². The molecule has 28 heavy (non-hydrogen) atoms. The van der Waals surface area contributed by atoms with Crippen molar-refractivity contribution in [3.8, 4) is 11.6 Å². The van der Waals surface area contributed by atoms with Crippen LogP contribution in [-0.4, -0.2) is 20.7 Å². The van der Waals surface area contributed by atoms with Gasteiger partial charge in [0.25, 0.3) is 5.91 Å². The maximum absolute atomic E-state index is 13.0. The first-order valence-electron chi connectivity index (χ1n) is 8.71. The Morgan fingerprint density at radius 3 is 2.54 bits per heavy atom. The van der Waals surface area contributed by atoms with E-state index in [0.717, 1.165) is 11.1 Å². The lowest BCUT2D eigenvalue weighted by Crippen LogP contribution is -2.17. The fourth-order valence-corrected chi connectivity index (χ4v) is 2.81. The van der Waals surface area contributed by atoms with Crippen molar-refractivity contribution >= 4 is 23.5 Å². The highest BCUT2D eigenvalue weighted by Gasteiger charge is 2.19. The molecule has 0 radical (unpaired) electrons. The van der Waals surface area contributed by atoms with Gasteiger partial charge in [0.1, 0.15) is 0 Å². The molecule has 6 nitrogen and oxygen atoms in total. The summed E-state index contributed by atoms with van der Waals surface area (Å²) in [6.07, 6.45) is 1.54. The topological polar surface area (TPSA) is 73.0 Å². The van der Waals surface area contributed by atoms with Crippen LogP contribution in [0.3, 0.4) is 0 Å². The third-order valence-electron chi connectivity index (χ3n) is 4.20. The van der Waals surface area contributed by atoms with Crippen molar-refractivity contribution in [1.82, 2.24) is 14.8 Å². The monoisotopic (exact) mass is 392 g/mol. The maximum atomic E-state index is 13.0. The van der Waals surface area contributed by atoms with E-state index in [1.54, 1.807) is 30.5 Å². The Bertz CT molecular complexity index is 1080. The van der Waals surface area contributed by atoms with Gasteiger partial charge >= 0.3 is 0 Å². The van der Waals surface area contributed by atoms with E-state index in [-0.39, 0.29) is 5.91 Å². The fraction of sp³-hybridized carbons (Fsp3) is 0.0952. The lowest BCUT2D eigenvalue weighted by molar-refractivity contribution is 0.0947. The highest BCUT2D eigenvalue weighted by molar-refractivity contribution is 6.30. The lowest BCUT2D eigenvalue weighted by atomic mass is 10.1.